The largest absolute Gasteiger partial charge is 0.299 e. The summed E-state index contributed by atoms with van der Waals surface area (Å²) >= 11 is 5.33. The molecule has 0 unspecified atom stereocenters. The first kappa shape index (κ1) is 9.46. The van der Waals surface area contributed by atoms with Gasteiger partial charge in [-0.15, -0.1) is 0 Å². The Bertz CT molecular complexity index is 227. The molecule has 12 heavy (non-hydrogen) atoms. The van der Waals surface area contributed by atoms with Gasteiger partial charge in [0.1, 0.15) is 5.78 Å². The quantitative estimate of drug-likeness (QED) is 0.481. The minimum absolute atomic E-state index is 0.0784. The topological polar surface area (TPSA) is 17.1 Å². The van der Waals surface area contributed by atoms with Gasteiger partial charge >= 0.3 is 0 Å². The van der Waals surface area contributed by atoms with Gasteiger partial charge in [-0.05, 0) is 12.2 Å². The predicted molar refractivity (Wildman–Crippen MR) is 46.8 cm³/mol. The van der Waals surface area contributed by atoms with Gasteiger partial charge < -0.3 is 0 Å². The van der Waals surface area contributed by atoms with E-state index in [0.29, 0.717) is 6.42 Å². The fraction of sp³-hybridized carbons (Fsp3) is 0.444. The fourth-order valence-electron chi connectivity index (χ4n) is 1.03. The number of halogens is 2. The summed E-state index contributed by atoms with van der Waals surface area (Å²) in [7, 11) is 0. The Balaban J connectivity index is 2.67. The maximum atomic E-state index is 12.9. The van der Waals surface area contributed by atoms with Crippen molar-refractivity contribution in [1.29, 1.82) is 0 Å². The average molecular weight is 189 g/mol. The third kappa shape index (κ3) is 2.18. The Labute approximate surface area is 75.9 Å². The van der Waals surface area contributed by atoms with Crippen molar-refractivity contribution in [1.82, 2.24) is 0 Å². The summed E-state index contributed by atoms with van der Waals surface area (Å²) in [6, 6.07) is 0. The highest BCUT2D eigenvalue weighted by molar-refractivity contribution is 6.25. The second-order valence-electron chi connectivity index (χ2n) is 2.74. The Hall–Kier alpha value is -0.630. The van der Waals surface area contributed by atoms with Crippen molar-refractivity contribution in [3.63, 3.8) is 0 Å². The van der Waals surface area contributed by atoms with Crippen molar-refractivity contribution < 1.29 is 9.18 Å². The van der Waals surface area contributed by atoms with Crippen LogP contribution in [0, 0.1) is 5.92 Å². The van der Waals surface area contributed by atoms with Crippen molar-refractivity contribution in [2.75, 3.05) is 0 Å². The number of rotatable bonds is 2. The minimum atomic E-state index is -1.90. The molecule has 0 aliphatic heterocycles. The lowest BCUT2D eigenvalue weighted by Crippen LogP contribution is -2.16. The Kier molecular flexibility index (Phi) is 2.68. The van der Waals surface area contributed by atoms with Gasteiger partial charge in [0, 0.05) is 6.42 Å². The van der Waals surface area contributed by atoms with Gasteiger partial charge in [-0.2, -0.15) is 0 Å². The van der Waals surface area contributed by atoms with Gasteiger partial charge in [0.05, 0.1) is 5.92 Å². The van der Waals surface area contributed by atoms with E-state index in [2.05, 4.69) is 0 Å². The first-order valence-electron chi connectivity index (χ1n) is 3.84. The molecule has 0 radical (unpaired) electrons. The maximum absolute atomic E-state index is 12.9. The van der Waals surface area contributed by atoms with E-state index in [1.54, 1.807) is 6.92 Å². The average Bonchev–Trinajstić information content (AvgIpc) is 2.03. The lowest BCUT2D eigenvalue weighted by Gasteiger charge is -2.15. The van der Waals surface area contributed by atoms with Crippen LogP contribution in [-0.4, -0.2) is 10.9 Å². The fourth-order valence-corrected chi connectivity index (χ4v) is 1.18. The lowest BCUT2D eigenvalue weighted by atomic mass is 9.96. The van der Waals surface area contributed by atoms with Gasteiger partial charge in [0.25, 0.3) is 0 Å². The molecule has 0 heterocycles. The maximum Gasteiger partial charge on any atom is 0.220 e. The second kappa shape index (κ2) is 3.40. The summed E-state index contributed by atoms with van der Waals surface area (Å²) in [6.07, 6.45) is 5.86. The number of carbonyl (C=O) groups is 1. The summed E-state index contributed by atoms with van der Waals surface area (Å²) < 4.78 is 12.9. The Morgan fingerprint density at radius 2 is 2.08 bits per heavy atom. The third-order valence-electron chi connectivity index (χ3n) is 1.77. The van der Waals surface area contributed by atoms with Crippen LogP contribution in [0.5, 0.6) is 0 Å². The smallest absolute Gasteiger partial charge is 0.220 e. The summed E-state index contributed by atoms with van der Waals surface area (Å²) in [5, 5.41) is -1.90. The van der Waals surface area contributed by atoms with Gasteiger partial charge in [0.2, 0.25) is 5.13 Å². The highest BCUT2D eigenvalue weighted by Gasteiger charge is 2.24. The second-order valence-corrected chi connectivity index (χ2v) is 3.32. The molecule has 66 valence electrons. The summed E-state index contributed by atoms with van der Waals surface area (Å²) in [6.45, 7) is 1.78. The zero-order chi connectivity index (χ0) is 9.19. The molecule has 3 heteroatoms. The molecule has 0 aromatic carbocycles. The molecule has 1 aliphatic carbocycles. The molecular weight excluding hydrogens is 179 g/mol. The van der Waals surface area contributed by atoms with Gasteiger partial charge in [-0.3, -0.25) is 4.79 Å². The molecule has 0 atom stereocenters. The van der Waals surface area contributed by atoms with Crippen LogP contribution in [0.25, 0.3) is 0 Å². The molecule has 0 fully saturated rings. The lowest BCUT2D eigenvalue weighted by molar-refractivity contribution is -0.120. The van der Waals surface area contributed by atoms with Crippen LogP contribution in [0.3, 0.4) is 0 Å². The van der Waals surface area contributed by atoms with E-state index in [4.69, 9.17) is 11.6 Å². The number of ketones is 1. The molecule has 0 aromatic heterocycles. The van der Waals surface area contributed by atoms with E-state index in [0.717, 1.165) is 0 Å². The van der Waals surface area contributed by atoms with E-state index >= 15 is 0 Å². The molecule has 0 amide bonds. The molecule has 0 saturated heterocycles. The zero-order valence-electron chi connectivity index (χ0n) is 6.76. The number of Topliss-reactive ketones (excluding diaryl/α,β-unsaturated/α-hetero) is 1. The number of allylic oxidation sites excluding steroid dienone is 4. The van der Waals surface area contributed by atoms with Crippen molar-refractivity contribution in [2.24, 2.45) is 5.92 Å². The van der Waals surface area contributed by atoms with Crippen molar-refractivity contribution in [2.45, 2.75) is 18.5 Å². The first-order chi connectivity index (χ1) is 5.55. The van der Waals surface area contributed by atoms with E-state index < -0.39 is 5.13 Å². The number of hydrogen-bond acceptors (Lipinski definition) is 1. The van der Waals surface area contributed by atoms with Gasteiger partial charge in [-0.25, -0.2) is 4.39 Å². The SMILES string of the molecule is CCC(=O)C1C=CC(F)(Cl)C=C1. The monoisotopic (exact) mass is 188 g/mol. The summed E-state index contributed by atoms with van der Waals surface area (Å²) in [4.78, 5) is 11.1. The molecule has 0 bridgehead atoms. The normalized spacial score (nSPS) is 33.8. The van der Waals surface area contributed by atoms with Crippen LogP contribution in [0.15, 0.2) is 24.3 Å². The van der Waals surface area contributed by atoms with Crippen molar-refractivity contribution >= 4 is 17.4 Å². The summed E-state index contributed by atoms with van der Waals surface area (Å²) in [5.41, 5.74) is 0. The van der Waals surface area contributed by atoms with E-state index in [9.17, 15) is 9.18 Å². The van der Waals surface area contributed by atoms with Crippen LogP contribution >= 0.6 is 11.6 Å². The molecule has 0 N–H and O–H groups in total. The highest BCUT2D eigenvalue weighted by atomic mass is 35.5. The van der Waals surface area contributed by atoms with Crippen molar-refractivity contribution in [3.05, 3.63) is 24.3 Å². The molecule has 1 rings (SSSR count). The molecule has 0 spiro atoms. The van der Waals surface area contributed by atoms with Crippen LogP contribution < -0.4 is 0 Å². The molecule has 1 aliphatic rings. The van der Waals surface area contributed by atoms with Gasteiger partial charge in [-0.1, -0.05) is 30.7 Å². The van der Waals surface area contributed by atoms with E-state index in [-0.39, 0.29) is 11.7 Å². The first-order valence-corrected chi connectivity index (χ1v) is 4.22. The standard InChI is InChI=1S/C9H10ClFO/c1-2-8(12)7-3-5-9(10,11)6-4-7/h3-7H,2H2,1H3. The van der Waals surface area contributed by atoms with E-state index in [1.165, 1.54) is 24.3 Å². The van der Waals surface area contributed by atoms with Gasteiger partial charge in [0.15, 0.2) is 0 Å². The Morgan fingerprint density at radius 1 is 1.58 bits per heavy atom. The number of hydrogen-bond donors (Lipinski definition) is 0. The third-order valence-corrected chi connectivity index (χ3v) is 2.02. The van der Waals surface area contributed by atoms with Crippen LogP contribution in [-0.2, 0) is 4.79 Å². The number of alkyl halides is 2. The molecule has 0 aromatic rings. The zero-order valence-corrected chi connectivity index (χ0v) is 7.51. The molecular formula is C9H10ClFO. The minimum Gasteiger partial charge on any atom is -0.299 e. The van der Waals surface area contributed by atoms with Crippen LogP contribution in [0.4, 0.5) is 4.39 Å². The predicted octanol–water partition coefficient (Wildman–Crippen LogP) is 2.61. The van der Waals surface area contributed by atoms with Crippen LogP contribution in [0.2, 0.25) is 0 Å². The Morgan fingerprint density at radius 3 is 2.50 bits per heavy atom. The molecule has 1 nitrogen and oxygen atoms in total. The highest BCUT2D eigenvalue weighted by Crippen LogP contribution is 2.27. The van der Waals surface area contributed by atoms with Crippen molar-refractivity contribution in [3.8, 4) is 0 Å². The molecule has 0 saturated carbocycles. The van der Waals surface area contributed by atoms with Crippen LogP contribution in [0.1, 0.15) is 13.3 Å². The summed E-state index contributed by atoms with van der Waals surface area (Å²) in [5.74, 6) is -0.215. The van der Waals surface area contributed by atoms with E-state index in [1.807, 2.05) is 0 Å². The number of carbonyl (C=O) groups excluding carboxylic acids is 1.